The van der Waals surface area contributed by atoms with Crippen LogP contribution in [0.2, 0.25) is 0 Å². The molecule has 0 aromatic rings. The largest absolute Gasteiger partial charge is 0.381 e. The molecule has 0 unspecified atom stereocenters. The molecule has 2 N–H and O–H groups in total. The number of rotatable bonds is 8. The minimum atomic E-state index is 0. The van der Waals surface area contributed by atoms with Crippen LogP contribution in [-0.2, 0) is 4.74 Å². The summed E-state index contributed by atoms with van der Waals surface area (Å²) in [7, 11) is 0. The molecule has 0 amide bonds. The van der Waals surface area contributed by atoms with Crippen LogP contribution in [-0.4, -0.2) is 38.3 Å². The van der Waals surface area contributed by atoms with Crippen LogP contribution in [0.15, 0.2) is 4.99 Å². The van der Waals surface area contributed by atoms with Gasteiger partial charge in [-0.3, -0.25) is 4.99 Å². The molecule has 0 aliphatic rings. The SMILES string of the molecule is CCNC(=NCCCOCC(C)C)NC(C)C.I. The van der Waals surface area contributed by atoms with Gasteiger partial charge in [0.2, 0.25) is 0 Å². The van der Waals surface area contributed by atoms with E-state index >= 15 is 0 Å². The fraction of sp³-hybridized carbons (Fsp3) is 0.923. The van der Waals surface area contributed by atoms with E-state index in [1.165, 1.54) is 0 Å². The zero-order valence-electron chi connectivity index (χ0n) is 12.5. The lowest BCUT2D eigenvalue weighted by atomic mass is 10.2. The van der Waals surface area contributed by atoms with Crippen LogP contribution in [0.3, 0.4) is 0 Å². The van der Waals surface area contributed by atoms with E-state index in [9.17, 15) is 0 Å². The van der Waals surface area contributed by atoms with Gasteiger partial charge in [0.25, 0.3) is 0 Å². The molecule has 4 nitrogen and oxygen atoms in total. The molecule has 0 aromatic heterocycles. The molecule has 0 atom stereocenters. The van der Waals surface area contributed by atoms with Gasteiger partial charge in [0.05, 0.1) is 0 Å². The maximum absolute atomic E-state index is 5.51. The average Bonchev–Trinajstić information content (AvgIpc) is 2.22. The van der Waals surface area contributed by atoms with Crippen LogP contribution in [0.5, 0.6) is 0 Å². The fourth-order valence-corrected chi connectivity index (χ4v) is 1.27. The third kappa shape index (κ3) is 14.0. The molecule has 18 heavy (non-hydrogen) atoms. The zero-order valence-corrected chi connectivity index (χ0v) is 14.8. The number of nitrogens with zero attached hydrogens (tertiary/aromatic N) is 1. The molecule has 0 spiro atoms. The van der Waals surface area contributed by atoms with E-state index < -0.39 is 0 Å². The second kappa shape index (κ2) is 13.4. The lowest BCUT2D eigenvalue weighted by molar-refractivity contribution is 0.109. The highest BCUT2D eigenvalue weighted by atomic mass is 127. The van der Waals surface area contributed by atoms with E-state index in [4.69, 9.17) is 4.74 Å². The van der Waals surface area contributed by atoms with Crippen molar-refractivity contribution in [1.29, 1.82) is 0 Å². The molecule has 0 rings (SSSR count). The second-order valence-corrected chi connectivity index (χ2v) is 4.88. The summed E-state index contributed by atoms with van der Waals surface area (Å²) in [6, 6.07) is 0.407. The number of hydrogen-bond acceptors (Lipinski definition) is 2. The Labute approximate surface area is 129 Å². The Hall–Kier alpha value is -0.0400. The third-order valence-electron chi connectivity index (χ3n) is 1.94. The molecule has 0 aliphatic carbocycles. The number of halogens is 1. The van der Waals surface area contributed by atoms with Gasteiger partial charge < -0.3 is 15.4 Å². The highest BCUT2D eigenvalue weighted by molar-refractivity contribution is 14.0. The second-order valence-electron chi connectivity index (χ2n) is 4.88. The Morgan fingerprint density at radius 2 is 1.89 bits per heavy atom. The predicted molar refractivity (Wildman–Crippen MR) is 89.9 cm³/mol. The summed E-state index contributed by atoms with van der Waals surface area (Å²) < 4.78 is 5.51. The van der Waals surface area contributed by atoms with Crippen molar-refractivity contribution in [3.63, 3.8) is 0 Å². The summed E-state index contributed by atoms with van der Waals surface area (Å²) in [6.07, 6.45) is 0.974. The maximum Gasteiger partial charge on any atom is 0.191 e. The minimum absolute atomic E-state index is 0. The Kier molecular flexibility index (Phi) is 15.1. The summed E-state index contributed by atoms with van der Waals surface area (Å²) in [5.41, 5.74) is 0. The smallest absolute Gasteiger partial charge is 0.191 e. The molecule has 0 aliphatic heterocycles. The van der Waals surface area contributed by atoms with Crippen molar-refractivity contribution < 1.29 is 4.74 Å². The first-order valence-electron chi connectivity index (χ1n) is 6.68. The van der Waals surface area contributed by atoms with Crippen LogP contribution in [0.4, 0.5) is 0 Å². The monoisotopic (exact) mass is 371 g/mol. The van der Waals surface area contributed by atoms with Crippen LogP contribution in [0, 0.1) is 5.92 Å². The molecule has 0 saturated heterocycles. The van der Waals surface area contributed by atoms with Gasteiger partial charge in [0.15, 0.2) is 5.96 Å². The Balaban J connectivity index is 0. The van der Waals surface area contributed by atoms with Gasteiger partial charge in [-0.2, -0.15) is 0 Å². The average molecular weight is 371 g/mol. The molecule has 110 valence electrons. The first-order chi connectivity index (χ1) is 8.06. The summed E-state index contributed by atoms with van der Waals surface area (Å²) in [5.74, 6) is 1.50. The molecular weight excluding hydrogens is 341 g/mol. The quantitative estimate of drug-likeness (QED) is 0.298. The van der Waals surface area contributed by atoms with Crippen molar-refractivity contribution in [2.45, 2.75) is 47.1 Å². The van der Waals surface area contributed by atoms with Crippen molar-refractivity contribution in [3.8, 4) is 0 Å². The van der Waals surface area contributed by atoms with E-state index in [1.807, 2.05) is 0 Å². The predicted octanol–water partition coefficient (Wildman–Crippen LogP) is 2.63. The van der Waals surface area contributed by atoms with Crippen LogP contribution in [0.1, 0.15) is 41.0 Å². The highest BCUT2D eigenvalue weighted by Crippen LogP contribution is 1.93. The number of guanidine groups is 1. The lowest BCUT2D eigenvalue weighted by Crippen LogP contribution is -2.41. The van der Waals surface area contributed by atoms with Gasteiger partial charge in [0.1, 0.15) is 0 Å². The van der Waals surface area contributed by atoms with Crippen molar-refractivity contribution in [3.05, 3.63) is 0 Å². The van der Waals surface area contributed by atoms with Gasteiger partial charge >= 0.3 is 0 Å². The summed E-state index contributed by atoms with van der Waals surface area (Å²) >= 11 is 0. The van der Waals surface area contributed by atoms with Gasteiger partial charge in [-0.1, -0.05) is 13.8 Å². The van der Waals surface area contributed by atoms with E-state index in [0.29, 0.717) is 12.0 Å². The summed E-state index contributed by atoms with van der Waals surface area (Å²) in [4.78, 5) is 4.48. The Morgan fingerprint density at radius 1 is 1.22 bits per heavy atom. The minimum Gasteiger partial charge on any atom is -0.381 e. The number of aliphatic imine (C=N–C) groups is 1. The van der Waals surface area contributed by atoms with Crippen LogP contribution >= 0.6 is 24.0 Å². The van der Waals surface area contributed by atoms with Gasteiger partial charge in [0, 0.05) is 32.3 Å². The summed E-state index contributed by atoms with van der Waals surface area (Å²) in [5, 5.41) is 6.51. The van der Waals surface area contributed by atoms with Crippen LogP contribution < -0.4 is 10.6 Å². The molecule has 5 heteroatoms. The molecular formula is C13H30IN3O. The van der Waals surface area contributed by atoms with Crippen molar-refractivity contribution in [1.82, 2.24) is 10.6 Å². The molecule has 0 radical (unpaired) electrons. The number of ether oxygens (including phenoxy) is 1. The fourth-order valence-electron chi connectivity index (χ4n) is 1.27. The highest BCUT2D eigenvalue weighted by Gasteiger charge is 1.98. The van der Waals surface area contributed by atoms with Crippen molar-refractivity contribution in [2.75, 3.05) is 26.3 Å². The number of nitrogens with one attached hydrogen (secondary N) is 2. The van der Waals surface area contributed by atoms with Gasteiger partial charge in [-0.05, 0) is 33.1 Å². The maximum atomic E-state index is 5.51. The number of hydrogen-bond donors (Lipinski definition) is 2. The topological polar surface area (TPSA) is 45.7 Å². The zero-order chi connectivity index (χ0) is 13.1. The molecule has 0 aromatic carbocycles. The molecule has 0 saturated carbocycles. The molecule has 0 bridgehead atoms. The molecule has 0 fully saturated rings. The third-order valence-corrected chi connectivity index (χ3v) is 1.94. The lowest BCUT2D eigenvalue weighted by Gasteiger charge is -2.13. The van der Waals surface area contributed by atoms with Crippen LogP contribution in [0.25, 0.3) is 0 Å². The summed E-state index contributed by atoms with van der Waals surface area (Å²) in [6.45, 7) is 13.9. The van der Waals surface area contributed by atoms with E-state index in [2.05, 4.69) is 50.2 Å². The normalized spacial score (nSPS) is 11.6. The van der Waals surface area contributed by atoms with E-state index in [0.717, 1.165) is 38.7 Å². The van der Waals surface area contributed by atoms with Crippen molar-refractivity contribution >= 4 is 29.9 Å². The standard InChI is InChI=1S/C13H29N3O.HI/c1-6-14-13(16-12(4)5)15-8-7-9-17-10-11(2)3;/h11-12H,6-10H2,1-5H3,(H2,14,15,16);1H. The van der Waals surface area contributed by atoms with Gasteiger partial charge in [-0.15, -0.1) is 24.0 Å². The molecule has 0 heterocycles. The van der Waals surface area contributed by atoms with E-state index in [-0.39, 0.29) is 24.0 Å². The Bertz CT molecular complexity index is 208. The van der Waals surface area contributed by atoms with Crippen molar-refractivity contribution in [2.24, 2.45) is 10.9 Å². The first-order valence-corrected chi connectivity index (χ1v) is 6.68. The first kappa shape index (κ1) is 20.3. The Morgan fingerprint density at radius 3 is 2.39 bits per heavy atom. The van der Waals surface area contributed by atoms with E-state index in [1.54, 1.807) is 0 Å². The van der Waals surface area contributed by atoms with Gasteiger partial charge in [-0.25, -0.2) is 0 Å².